The molecule has 2 aromatic heterocycles. The van der Waals surface area contributed by atoms with E-state index in [0.717, 1.165) is 22.1 Å². The van der Waals surface area contributed by atoms with Gasteiger partial charge in [-0.15, -0.1) is 0 Å². The minimum absolute atomic E-state index is 0.0636. The van der Waals surface area contributed by atoms with E-state index in [9.17, 15) is 14.7 Å². The number of hydrogen-bond donors (Lipinski definition) is 3. The fourth-order valence-electron chi connectivity index (χ4n) is 4.56. The average Bonchev–Trinajstić information content (AvgIpc) is 2.86. The van der Waals surface area contributed by atoms with Crippen LogP contribution in [0.5, 0.6) is 0 Å². The molecule has 0 saturated carbocycles. The van der Waals surface area contributed by atoms with Crippen molar-refractivity contribution < 1.29 is 14.7 Å². The van der Waals surface area contributed by atoms with E-state index in [4.69, 9.17) is 5.73 Å². The number of amidine groups is 1. The van der Waals surface area contributed by atoms with Crippen LogP contribution >= 0.6 is 0 Å². The topological polar surface area (TPSA) is 131 Å². The van der Waals surface area contributed by atoms with Crippen molar-refractivity contribution in [3.05, 3.63) is 107 Å². The van der Waals surface area contributed by atoms with Gasteiger partial charge in [-0.1, -0.05) is 24.3 Å². The molecule has 1 aliphatic heterocycles. The standard InChI is InChI=1S/C28H25N5O3/c1-16-8-21-10-18(12-24(28(35)36)25(21)32-14-16)11-22-13-20(5-6-30-22)27(34)33-15-17-2-3-23-19(9-17)4-7-31-26(23)29/h2-10,12-14,19,23H,11,15H2,1H3,(H2,29,31)(H,33,34)(H,35,36). The summed E-state index contributed by atoms with van der Waals surface area (Å²) >= 11 is 0. The summed E-state index contributed by atoms with van der Waals surface area (Å²) in [5.41, 5.74) is 10.5. The third-order valence-electron chi connectivity index (χ3n) is 6.34. The molecule has 2 aliphatic rings. The normalized spacial score (nSPS) is 18.4. The van der Waals surface area contributed by atoms with Gasteiger partial charge in [0.1, 0.15) is 5.84 Å². The first-order chi connectivity index (χ1) is 17.4. The molecule has 1 amide bonds. The SMILES string of the molecule is Cc1cnc2c(C(=O)O)cc(Cc3cc(C(=O)NCC4=CC5C=CN=C(N)C5C=C4)ccn3)cc2c1. The number of allylic oxidation sites excluding steroid dienone is 2. The Kier molecular flexibility index (Phi) is 6.16. The maximum absolute atomic E-state index is 12.9. The second kappa shape index (κ2) is 9.58. The highest BCUT2D eigenvalue weighted by Gasteiger charge is 2.24. The van der Waals surface area contributed by atoms with Gasteiger partial charge >= 0.3 is 5.97 Å². The number of rotatable bonds is 6. The van der Waals surface area contributed by atoms with Crippen LogP contribution in [0.4, 0.5) is 0 Å². The zero-order valence-electron chi connectivity index (χ0n) is 19.7. The minimum atomic E-state index is -1.03. The number of amides is 1. The number of carboxylic acid groups (broad SMARTS) is 1. The lowest BCUT2D eigenvalue weighted by Gasteiger charge is -2.25. The smallest absolute Gasteiger partial charge is 0.337 e. The van der Waals surface area contributed by atoms with E-state index in [2.05, 4.69) is 26.4 Å². The summed E-state index contributed by atoms with van der Waals surface area (Å²) < 4.78 is 0. The molecule has 1 aliphatic carbocycles. The molecule has 0 saturated heterocycles. The molecule has 180 valence electrons. The first-order valence-corrected chi connectivity index (χ1v) is 11.6. The van der Waals surface area contributed by atoms with E-state index in [1.165, 1.54) is 0 Å². The van der Waals surface area contributed by atoms with Crippen molar-refractivity contribution in [3.8, 4) is 0 Å². The van der Waals surface area contributed by atoms with Crippen molar-refractivity contribution in [2.45, 2.75) is 13.3 Å². The number of nitrogens with one attached hydrogen (secondary N) is 1. The lowest BCUT2D eigenvalue weighted by Crippen LogP contribution is -2.32. The zero-order chi connectivity index (χ0) is 25.2. The average molecular weight is 480 g/mol. The van der Waals surface area contributed by atoms with Gasteiger partial charge in [0.05, 0.1) is 11.1 Å². The summed E-state index contributed by atoms with van der Waals surface area (Å²) in [7, 11) is 0. The zero-order valence-corrected chi connectivity index (χ0v) is 19.7. The van der Waals surface area contributed by atoms with Crippen molar-refractivity contribution in [2.75, 3.05) is 6.54 Å². The van der Waals surface area contributed by atoms with Crippen molar-refractivity contribution in [1.29, 1.82) is 0 Å². The summed E-state index contributed by atoms with van der Waals surface area (Å²) in [4.78, 5) is 37.5. The van der Waals surface area contributed by atoms with E-state index < -0.39 is 5.97 Å². The van der Waals surface area contributed by atoms with Gasteiger partial charge in [-0.2, -0.15) is 0 Å². The number of aliphatic imine (C=N–C) groups is 1. The predicted octanol–water partition coefficient (Wildman–Crippen LogP) is 3.57. The summed E-state index contributed by atoms with van der Waals surface area (Å²) in [6, 6.07) is 8.85. The molecule has 36 heavy (non-hydrogen) atoms. The third kappa shape index (κ3) is 4.79. The molecule has 4 N–H and O–H groups in total. The first kappa shape index (κ1) is 23.2. The number of pyridine rings is 2. The predicted molar refractivity (Wildman–Crippen MR) is 138 cm³/mol. The van der Waals surface area contributed by atoms with Crippen LogP contribution in [-0.4, -0.2) is 39.3 Å². The molecule has 0 bridgehead atoms. The van der Waals surface area contributed by atoms with Crippen molar-refractivity contribution >= 4 is 28.6 Å². The van der Waals surface area contributed by atoms with Crippen molar-refractivity contribution in [3.63, 3.8) is 0 Å². The highest BCUT2D eigenvalue weighted by Crippen LogP contribution is 2.27. The summed E-state index contributed by atoms with van der Waals surface area (Å²) in [5, 5.41) is 13.4. The second-order valence-electron chi connectivity index (χ2n) is 9.03. The van der Waals surface area contributed by atoms with Crippen LogP contribution in [-0.2, 0) is 6.42 Å². The number of aromatic carboxylic acids is 1. The monoisotopic (exact) mass is 479 g/mol. The van der Waals surface area contributed by atoms with E-state index in [0.29, 0.717) is 35.6 Å². The van der Waals surface area contributed by atoms with E-state index in [-0.39, 0.29) is 23.3 Å². The number of carbonyl (C=O) groups is 2. The molecule has 0 spiro atoms. The van der Waals surface area contributed by atoms with E-state index in [1.807, 2.05) is 37.3 Å². The molecule has 3 aromatic rings. The highest BCUT2D eigenvalue weighted by molar-refractivity contribution is 6.02. The highest BCUT2D eigenvalue weighted by atomic mass is 16.4. The van der Waals surface area contributed by atoms with Gasteiger partial charge in [-0.25, -0.2) is 9.79 Å². The Morgan fingerprint density at radius 1 is 1.14 bits per heavy atom. The molecule has 2 unspecified atom stereocenters. The number of aromatic nitrogens is 2. The van der Waals surface area contributed by atoms with E-state index in [1.54, 1.807) is 36.8 Å². The summed E-state index contributed by atoms with van der Waals surface area (Å²) in [6.07, 6.45) is 13.4. The Hall–Kier alpha value is -4.59. The molecule has 3 heterocycles. The van der Waals surface area contributed by atoms with Crippen LogP contribution in [0.15, 0.2) is 83.8 Å². The summed E-state index contributed by atoms with van der Waals surface area (Å²) in [5.74, 6) is -0.442. The van der Waals surface area contributed by atoms with Crippen LogP contribution in [0.25, 0.3) is 10.9 Å². The number of nitrogens with two attached hydrogens (primary N) is 1. The maximum Gasteiger partial charge on any atom is 0.337 e. The number of nitrogens with zero attached hydrogens (tertiary/aromatic N) is 3. The molecule has 0 radical (unpaired) electrons. The fourth-order valence-corrected chi connectivity index (χ4v) is 4.56. The quantitative estimate of drug-likeness (QED) is 0.495. The van der Waals surface area contributed by atoms with Crippen molar-refractivity contribution in [2.24, 2.45) is 22.6 Å². The minimum Gasteiger partial charge on any atom is -0.478 e. The Labute approximate surface area is 208 Å². The van der Waals surface area contributed by atoms with Crippen LogP contribution in [0.3, 0.4) is 0 Å². The van der Waals surface area contributed by atoms with Crippen LogP contribution in [0, 0.1) is 18.8 Å². The molecule has 1 aromatic carbocycles. The lowest BCUT2D eigenvalue weighted by atomic mass is 9.84. The van der Waals surface area contributed by atoms with Gasteiger partial charge in [0.15, 0.2) is 0 Å². The van der Waals surface area contributed by atoms with Crippen molar-refractivity contribution in [1.82, 2.24) is 15.3 Å². The van der Waals surface area contributed by atoms with E-state index >= 15 is 0 Å². The molecular weight excluding hydrogens is 454 g/mol. The number of benzene rings is 1. The summed E-state index contributed by atoms with van der Waals surface area (Å²) in [6.45, 7) is 2.30. The second-order valence-corrected chi connectivity index (χ2v) is 9.03. The van der Waals surface area contributed by atoms with Gasteiger partial charge in [0, 0.05) is 60.0 Å². The van der Waals surface area contributed by atoms with Gasteiger partial charge in [0.25, 0.3) is 5.91 Å². The molecule has 0 fully saturated rings. The Balaban J connectivity index is 1.30. The number of carbonyl (C=O) groups excluding carboxylic acids is 1. The number of carboxylic acids is 1. The largest absolute Gasteiger partial charge is 0.478 e. The molecular formula is C28H25N5O3. The molecule has 5 rings (SSSR count). The Bertz CT molecular complexity index is 1500. The Morgan fingerprint density at radius 2 is 2.00 bits per heavy atom. The van der Waals surface area contributed by atoms with Crippen LogP contribution in [0.1, 0.15) is 37.5 Å². The third-order valence-corrected chi connectivity index (χ3v) is 6.34. The van der Waals surface area contributed by atoms with Gasteiger partial charge < -0.3 is 16.2 Å². The van der Waals surface area contributed by atoms with Gasteiger partial charge in [-0.05, 0) is 54.0 Å². The Morgan fingerprint density at radius 3 is 2.83 bits per heavy atom. The molecule has 8 heteroatoms. The van der Waals surface area contributed by atoms with Crippen LogP contribution in [0.2, 0.25) is 0 Å². The first-order valence-electron chi connectivity index (χ1n) is 11.6. The van der Waals surface area contributed by atoms with Crippen LogP contribution < -0.4 is 11.1 Å². The molecule has 2 atom stereocenters. The number of aryl methyl sites for hydroxylation is 1. The lowest BCUT2D eigenvalue weighted by molar-refractivity contribution is 0.0698. The number of hydrogen-bond acceptors (Lipinski definition) is 6. The van der Waals surface area contributed by atoms with Gasteiger partial charge in [0.2, 0.25) is 0 Å². The fraction of sp³-hybridized carbons (Fsp3) is 0.179. The molecule has 8 nitrogen and oxygen atoms in total. The number of fused-ring (bicyclic) bond motifs is 2. The van der Waals surface area contributed by atoms with Gasteiger partial charge in [-0.3, -0.25) is 14.8 Å². The maximum atomic E-state index is 12.9.